The van der Waals surface area contributed by atoms with E-state index in [0.717, 1.165) is 16.5 Å². The van der Waals surface area contributed by atoms with Gasteiger partial charge < -0.3 is 15.2 Å². The number of aromatic carboxylic acids is 1. The van der Waals surface area contributed by atoms with Crippen LogP contribution in [0.25, 0.3) is 0 Å². The number of hydrogen-bond acceptors (Lipinski definition) is 3. The predicted molar refractivity (Wildman–Crippen MR) is 91.3 cm³/mol. The lowest BCUT2D eigenvalue weighted by Crippen LogP contribution is -2.32. The van der Waals surface area contributed by atoms with E-state index in [4.69, 9.17) is 0 Å². The molecule has 0 radical (unpaired) electrons. The minimum atomic E-state index is -1.13. The van der Waals surface area contributed by atoms with Crippen molar-refractivity contribution in [2.75, 3.05) is 5.32 Å². The number of hydrogen-bond donors (Lipinski definition) is 1. The Morgan fingerprint density at radius 3 is 2.70 bits per heavy atom. The summed E-state index contributed by atoms with van der Waals surface area (Å²) in [5, 5.41) is 15.0. The van der Waals surface area contributed by atoms with Gasteiger partial charge >= 0.3 is 0 Å². The van der Waals surface area contributed by atoms with E-state index >= 15 is 0 Å². The van der Waals surface area contributed by atoms with Crippen LogP contribution in [-0.4, -0.2) is 5.97 Å². The zero-order valence-corrected chi connectivity index (χ0v) is 13.9. The normalized spacial score (nSPS) is 24.7. The van der Waals surface area contributed by atoms with Gasteiger partial charge in [-0.1, -0.05) is 58.4 Å². The number of allylic oxidation sites excluding steroid dienone is 2. The Kier molecular flexibility index (Phi) is 3.49. The van der Waals surface area contributed by atoms with Crippen LogP contribution < -0.4 is 10.4 Å². The highest BCUT2D eigenvalue weighted by molar-refractivity contribution is 9.10. The minimum absolute atomic E-state index is 0.0936. The Hall–Kier alpha value is -2.07. The van der Waals surface area contributed by atoms with Gasteiger partial charge in [0.05, 0.1) is 12.0 Å². The standard InChI is InChI=1S/C19H16BrNO2/c20-12-9-7-11(8-10-12)17-14-4-1-3-13(14)15-5-2-6-16(19(22)23)18(15)21-17/h1-3,5-10,13-14,17,21H,4H2,(H,22,23)/p-1/t13-,14+,17-/m1/s1. The summed E-state index contributed by atoms with van der Waals surface area (Å²) in [6.07, 6.45) is 5.40. The fraction of sp³-hybridized carbons (Fsp3) is 0.211. The molecule has 116 valence electrons. The molecule has 0 saturated heterocycles. The van der Waals surface area contributed by atoms with Gasteiger partial charge in [0.25, 0.3) is 0 Å². The maximum absolute atomic E-state index is 11.5. The smallest absolute Gasteiger partial charge is 0.0736 e. The monoisotopic (exact) mass is 368 g/mol. The van der Waals surface area contributed by atoms with E-state index in [9.17, 15) is 9.90 Å². The molecule has 0 bridgehead atoms. The van der Waals surface area contributed by atoms with E-state index in [-0.39, 0.29) is 17.5 Å². The van der Waals surface area contributed by atoms with Crippen molar-refractivity contribution in [3.8, 4) is 0 Å². The van der Waals surface area contributed by atoms with Crippen molar-refractivity contribution < 1.29 is 9.90 Å². The second kappa shape index (κ2) is 5.53. The molecule has 0 unspecified atom stereocenters. The van der Waals surface area contributed by atoms with Crippen LogP contribution in [-0.2, 0) is 0 Å². The summed E-state index contributed by atoms with van der Waals surface area (Å²) in [7, 11) is 0. The van der Waals surface area contributed by atoms with E-state index in [1.807, 2.05) is 18.2 Å². The lowest BCUT2D eigenvalue weighted by atomic mass is 9.76. The SMILES string of the molecule is O=C([O-])c1cccc2c1N[C@H](c1ccc(Br)cc1)[C@H]1CC=C[C@@H]21. The van der Waals surface area contributed by atoms with Gasteiger partial charge in [-0.25, -0.2) is 0 Å². The zero-order chi connectivity index (χ0) is 16.0. The Labute approximate surface area is 143 Å². The topological polar surface area (TPSA) is 52.2 Å². The van der Waals surface area contributed by atoms with Gasteiger partial charge in [-0.3, -0.25) is 0 Å². The Balaban J connectivity index is 1.83. The summed E-state index contributed by atoms with van der Waals surface area (Å²) in [4.78, 5) is 11.5. The third-order valence-corrected chi connectivity index (χ3v) is 5.37. The number of carboxylic acid groups (broad SMARTS) is 1. The van der Waals surface area contributed by atoms with Crippen molar-refractivity contribution in [1.29, 1.82) is 0 Å². The van der Waals surface area contributed by atoms with Gasteiger partial charge in [0.2, 0.25) is 0 Å². The number of anilines is 1. The summed E-state index contributed by atoms with van der Waals surface area (Å²) < 4.78 is 1.04. The molecule has 23 heavy (non-hydrogen) atoms. The largest absolute Gasteiger partial charge is 0.545 e. The van der Waals surface area contributed by atoms with Crippen LogP contribution in [0, 0.1) is 5.92 Å². The van der Waals surface area contributed by atoms with Crippen molar-refractivity contribution in [2.24, 2.45) is 5.92 Å². The molecule has 3 nitrogen and oxygen atoms in total. The third kappa shape index (κ3) is 2.38. The fourth-order valence-electron chi connectivity index (χ4n) is 3.79. The molecule has 0 aromatic heterocycles. The molecular formula is C19H15BrNO2-. The molecule has 2 aromatic rings. The van der Waals surface area contributed by atoms with Crippen molar-refractivity contribution in [3.05, 3.63) is 75.8 Å². The van der Waals surface area contributed by atoms with Crippen molar-refractivity contribution in [3.63, 3.8) is 0 Å². The molecule has 2 aliphatic rings. The number of halogens is 1. The Morgan fingerprint density at radius 1 is 1.17 bits per heavy atom. The number of nitrogens with one attached hydrogen (secondary N) is 1. The fourth-order valence-corrected chi connectivity index (χ4v) is 4.06. The molecule has 0 fully saturated rings. The van der Waals surface area contributed by atoms with Crippen LogP contribution >= 0.6 is 15.9 Å². The summed E-state index contributed by atoms with van der Waals surface area (Å²) in [6, 6.07) is 13.7. The van der Waals surface area contributed by atoms with Crippen LogP contribution in [0.4, 0.5) is 5.69 Å². The molecule has 0 spiro atoms. The number of carbonyl (C=O) groups is 1. The van der Waals surface area contributed by atoms with E-state index in [1.165, 1.54) is 5.56 Å². The zero-order valence-electron chi connectivity index (χ0n) is 12.3. The van der Waals surface area contributed by atoms with Gasteiger partial charge in [-0.2, -0.15) is 0 Å². The van der Waals surface area contributed by atoms with Crippen molar-refractivity contribution in [2.45, 2.75) is 18.4 Å². The highest BCUT2D eigenvalue weighted by atomic mass is 79.9. The Morgan fingerprint density at radius 2 is 1.96 bits per heavy atom. The Bertz CT molecular complexity index is 798. The summed E-state index contributed by atoms with van der Waals surface area (Å²) in [5.74, 6) is -0.482. The molecule has 1 heterocycles. The summed E-state index contributed by atoms with van der Waals surface area (Å²) in [5.41, 5.74) is 3.17. The van der Waals surface area contributed by atoms with Crippen molar-refractivity contribution >= 4 is 27.6 Å². The molecule has 1 N–H and O–H groups in total. The molecule has 4 heteroatoms. The summed E-state index contributed by atoms with van der Waals surface area (Å²) in [6.45, 7) is 0. The molecule has 1 aliphatic carbocycles. The second-order valence-corrected chi connectivity index (χ2v) is 7.00. The molecule has 3 atom stereocenters. The molecule has 1 aliphatic heterocycles. The molecule has 0 saturated carbocycles. The van der Waals surface area contributed by atoms with E-state index in [1.54, 1.807) is 12.1 Å². The van der Waals surface area contributed by atoms with Gasteiger partial charge in [-0.05, 0) is 35.6 Å². The molecular weight excluding hydrogens is 354 g/mol. The number of carboxylic acids is 1. The van der Waals surface area contributed by atoms with E-state index < -0.39 is 5.97 Å². The third-order valence-electron chi connectivity index (χ3n) is 4.85. The second-order valence-electron chi connectivity index (χ2n) is 6.08. The molecule has 0 amide bonds. The maximum Gasteiger partial charge on any atom is 0.0736 e. The molecule has 4 rings (SSSR count). The lowest BCUT2D eigenvalue weighted by molar-refractivity contribution is -0.254. The van der Waals surface area contributed by atoms with E-state index in [2.05, 4.69) is 45.5 Å². The van der Waals surface area contributed by atoms with Crippen LogP contribution in [0.5, 0.6) is 0 Å². The minimum Gasteiger partial charge on any atom is -0.545 e. The first-order chi connectivity index (χ1) is 11.1. The average molecular weight is 369 g/mol. The highest BCUT2D eigenvalue weighted by Crippen LogP contribution is 2.50. The summed E-state index contributed by atoms with van der Waals surface area (Å²) >= 11 is 3.46. The molecule has 2 aromatic carbocycles. The van der Waals surface area contributed by atoms with Crippen LogP contribution in [0.15, 0.2) is 59.1 Å². The van der Waals surface area contributed by atoms with E-state index in [0.29, 0.717) is 11.6 Å². The maximum atomic E-state index is 11.5. The first-order valence-electron chi connectivity index (χ1n) is 7.68. The number of benzene rings is 2. The average Bonchev–Trinajstić information content (AvgIpc) is 3.04. The lowest BCUT2D eigenvalue weighted by Gasteiger charge is -2.38. The first-order valence-corrected chi connectivity index (χ1v) is 8.47. The number of carbonyl (C=O) groups excluding carboxylic acids is 1. The number of rotatable bonds is 2. The predicted octanol–water partition coefficient (Wildman–Crippen LogP) is 3.64. The van der Waals surface area contributed by atoms with Crippen LogP contribution in [0.3, 0.4) is 0 Å². The number of fused-ring (bicyclic) bond motifs is 3. The van der Waals surface area contributed by atoms with Crippen molar-refractivity contribution in [1.82, 2.24) is 0 Å². The van der Waals surface area contributed by atoms with Crippen LogP contribution in [0.1, 0.15) is 39.9 Å². The van der Waals surface area contributed by atoms with Gasteiger partial charge in [-0.15, -0.1) is 0 Å². The first kappa shape index (κ1) is 14.5. The quantitative estimate of drug-likeness (QED) is 0.823. The van der Waals surface area contributed by atoms with Gasteiger partial charge in [0.1, 0.15) is 0 Å². The van der Waals surface area contributed by atoms with Crippen LogP contribution in [0.2, 0.25) is 0 Å². The number of para-hydroxylation sites is 1. The highest BCUT2D eigenvalue weighted by Gasteiger charge is 2.38. The van der Waals surface area contributed by atoms with Gasteiger partial charge in [0, 0.05) is 21.6 Å². The van der Waals surface area contributed by atoms with Gasteiger partial charge in [0.15, 0.2) is 0 Å².